The van der Waals surface area contributed by atoms with E-state index in [2.05, 4.69) is 5.10 Å². The average Bonchev–Trinajstić information content (AvgIpc) is 2.85. The molecule has 1 aliphatic heterocycles. The normalized spacial score (nSPS) is 20.5. The van der Waals surface area contributed by atoms with Gasteiger partial charge in [-0.1, -0.05) is 48.0 Å². The molecule has 0 fully saturated rings. The summed E-state index contributed by atoms with van der Waals surface area (Å²) in [6, 6.07) is 14.7. The fourth-order valence-corrected chi connectivity index (χ4v) is 3.28. The molecule has 0 spiro atoms. The highest BCUT2D eigenvalue weighted by molar-refractivity contribution is 6.31. The van der Waals surface area contributed by atoms with Crippen LogP contribution < -0.4 is 5.01 Å². The maximum absolute atomic E-state index is 11.8. The van der Waals surface area contributed by atoms with Crippen LogP contribution in [0.15, 0.2) is 53.6 Å². The van der Waals surface area contributed by atoms with Crippen molar-refractivity contribution >= 4 is 29.0 Å². The molecule has 2 aromatic rings. The molecular weight excluding hydrogens is 312 g/mol. The Kier molecular flexibility index (Phi) is 4.09. The number of para-hydroxylation sites is 1. The van der Waals surface area contributed by atoms with Gasteiger partial charge in [0.1, 0.15) is 5.92 Å². The number of anilines is 1. The molecule has 1 aliphatic rings. The van der Waals surface area contributed by atoms with Gasteiger partial charge in [-0.15, -0.1) is 0 Å². The molecule has 23 heavy (non-hydrogen) atoms. The summed E-state index contributed by atoms with van der Waals surface area (Å²) >= 11 is 6.34. The number of hydrazone groups is 1. The van der Waals surface area contributed by atoms with E-state index in [1.807, 2.05) is 49.4 Å². The molecule has 3 rings (SSSR count). The molecule has 0 amide bonds. The van der Waals surface area contributed by atoms with E-state index in [0.717, 1.165) is 16.8 Å². The Hall–Kier alpha value is -2.33. The lowest BCUT2D eigenvalue weighted by molar-refractivity contribution is -0.139. The van der Waals surface area contributed by atoms with Crippen LogP contribution in [0.5, 0.6) is 0 Å². The minimum Gasteiger partial charge on any atom is -0.481 e. The first-order chi connectivity index (χ1) is 11.0. The van der Waals surface area contributed by atoms with Gasteiger partial charge < -0.3 is 5.11 Å². The van der Waals surface area contributed by atoms with Crippen LogP contribution in [0.1, 0.15) is 24.1 Å². The number of benzene rings is 2. The van der Waals surface area contributed by atoms with E-state index in [-0.39, 0.29) is 0 Å². The first-order valence-electron chi connectivity index (χ1n) is 7.38. The van der Waals surface area contributed by atoms with Crippen LogP contribution >= 0.6 is 11.6 Å². The summed E-state index contributed by atoms with van der Waals surface area (Å²) in [5, 5.41) is 16.6. The SMILES string of the molecule is CC1=NN(c2ccccc2C)C(c2ccccc2Cl)C1C(=O)O. The number of aryl methyl sites for hydroxylation is 1. The molecule has 5 heteroatoms. The highest BCUT2D eigenvalue weighted by Crippen LogP contribution is 2.42. The molecule has 0 saturated heterocycles. The molecule has 0 aliphatic carbocycles. The van der Waals surface area contributed by atoms with E-state index < -0.39 is 17.9 Å². The van der Waals surface area contributed by atoms with E-state index >= 15 is 0 Å². The number of nitrogens with zero attached hydrogens (tertiary/aromatic N) is 2. The Morgan fingerprint density at radius 3 is 2.43 bits per heavy atom. The lowest BCUT2D eigenvalue weighted by Gasteiger charge is -2.28. The molecular formula is C18H17ClN2O2. The zero-order chi connectivity index (χ0) is 16.6. The molecule has 0 bridgehead atoms. The Labute approximate surface area is 140 Å². The second-order valence-corrected chi connectivity index (χ2v) is 6.06. The van der Waals surface area contributed by atoms with E-state index in [1.165, 1.54) is 0 Å². The van der Waals surface area contributed by atoms with Gasteiger partial charge in [-0.2, -0.15) is 5.10 Å². The van der Waals surface area contributed by atoms with Gasteiger partial charge in [0, 0.05) is 5.02 Å². The zero-order valence-electron chi connectivity index (χ0n) is 12.9. The minimum absolute atomic E-state index is 0.456. The van der Waals surface area contributed by atoms with Crippen LogP contribution in [0, 0.1) is 12.8 Å². The van der Waals surface area contributed by atoms with Gasteiger partial charge in [-0.25, -0.2) is 0 Å². The number of carbonyl (C=O) groups is 1. The van der Waals surface area contributed by atoms with Crippen molar-refractivity contribution in [3.05, 3.63) is 64.7 Å². The standard InChI is InChI=1S/C18H17ClN2O2/c1-11-7-3-6-10-15(11)21-17(13-8-4-5-9-14(13)19)16(18(22)23)12(2)20-21/h3-10,16-17H,1-2H3,(H,22,23). The van der Waals surface area contributed by atoms with Gasteiger partial charge in [0.25, 0.3) is 0 Å². The van der Waals surface area contributed by atoms with Gasteiger partial charge in [-0.3, -0.25) is 9.80 Å². The predicted molar refractivity (Wildman–Crippen MR) is 92.1 cm³/mol. The average molecular weight is 329 g/mol. The topological polar surface area (TPSA) is 52.9 Å². The molecule has 1 heterocycles. The Balaban J connectivity index is 2.16. The van der Waals surface area contributed by atoms with Crippen molar-refractivity contribution in [2.24, 2.45) is 11.0 Å². The van der Waals surface area contributed by atoms with Crippen molar-refractivity contribution in [1.82, 2.24) is 0 Å². The Morgan fingerprint density at radius 1 is 1.13 bits per heavy atom. The predicted octanol–water partition coefficient (Wildman–Crippen LogP) is 4.29. The summed E-state index contributed by atoms with van der Waals surface area (Å²) < 4.78 is 0. The number of halogens is 1. The number of carboxylic acid groups (broad SMARTS) is 1. The van der Waals surface area contributed by atoms with Crippen LogP contribution in [0.25, 0.3) is 0 Å². The highest BCUT2D eigenvalue weighted by Gasteiger charge is 2.43. The molecule has 4 nitrogen and oxygen atoms in total. The largest absolute Gasteiger partial charge is 0.481 e. The summed E-state index contributed by atoms with van der Waals surface area (Å²) in [4.78, 5) is 11.8. The lowest BCUT2D eigenvalue weighted by Crippen LogP contribution is -2.31. The van der Waals surface area contributed by atoms with E-state index in [4.69, 9.17) is 11.6 Å². The van der Waals surface area contributed by atoms with E-state index in [1.54, 1.807) is 18.0 Å². The van der Waals surface area contributed by atoms with Crippen LogP contribution in [0.2, 0.25) is 5.02 Å². The molecule has 1 N–H and O–H groups in total. The summed E-state index contributed by atoms with van der Waals surface area (Å²) in [6.45, 7) is 3.73. The number of carboxylic acids is 1. The van der Waals surface area contributed by atoms with Gasteiger partial charge >= 0.3 is 5.97 Å². The van der Waals surface area contributed by atoms with Gasteiger partial charge in [0.15, 0.2) is 0 Å². The Bertz CT molecular complexity index is 788. The molecule has 2 unspecified atom stereocenters. The Morgan fingerprint density at radius 2 is 1.78 bits per heavy atom. The first-order valence-corrected chi connectivity index (χ1v) is 7.75. The molecule has 2 aromatic carbocycles. The van der Waals surface area contributed by atoms with Crippen LogP contribution in [-0.2, 0) is 4.79 Å². The van der Waals surface area contributed by atoms with Gasteiger partial charge in [0.2, 0.25) is 0 Å². The molecule has 0 saturated carbocycles. The third kappa shape index (κ3) is 2.70. The number of aliphatic carboxylic acids is 1. The van der Waals surface area contributed by atoms with Crippen molar-refractivity contribution in [1.29, 1.82) is 0 Å². The number of hydrogen-bond acceptors (Lipinski definition) is 3. The second kappa shape index (κ2) is 6.05. The summed E-state index contributed by atoms with van der Waals surface area (Å²) in [7, 11) is 0. The fourth-order valence-electron chi connectivity index (χ4n) is 3.03. The second-order valence-electron chi connectivity index (χ2n) is 5.65. The summed E-state index contributed by atoms with van der Waals surface area (Å²) in [6.07, 6.45) is 0. The van der Waals surface area contributed by atoms with Gasteiger partial charge in [-0.05, 0) is 37.1 Å². The van der Waals surface area contributed by atoms with Crippen molar-refractivity contribution in [3.63, 3.8) is 0 Å². The monoisotopic (exact) mass is 328 g/mol. The fraction of sp³-hybridized carbons (Fsp3) is 0.222. The van der Waals surface area contributed by atoms with Crippen molar-refractivity contribution in [2.75, 3.05) is 5.01 Å². The third-order valence-corrected chi connectivity index (χ3v) is 4.49. The minimum atomic E-state index is -0.896. The maximum Gasteiger partial charge on any atom is 0.314 e. The number of hydrogen-bond donors (Lipinski definition) is 1. The van der Waals surface area contributed by atoms with Crippen LogP contribution in [0.3, 0.4) is 0 Å². The third-order valence-electron chi connectivity index (χ3n) is 4.15. The molecule has 2 atom stereocenters. The molecule has 0 aromatic heterocycles. The number of rotatable bonds is 3. The van der Waals surface area contributed by atoms with Gasteiger partial charge in [0.05, 0.1) is 17.4 Å². The lowest BCUT2D eigenvalue weighted by atomic mass is 9.90. The van der Waals surface area contributed by atoms with E-state index in [0.29, 0.717) is 10.7 Å². The highest BCUT2D eigenvalue weighted by atomic mass is 35.5. The van der Waals surface area contributed by atoms with Crippen molar-refractivity contribution in [3.8, 4) is 0 Å². The smallest absolute Gasteiger partial charge is 0.314 e. The first kappa shape index (κ1) is 15.6. The maximum atomic E-state index is 11.8. The molecule has 0 radical (unpaired) electrons. The van der Waals surface area contributed by atoms with Crippen molar-refractivity contribution < 1.29 is 9.90 Å². The summed E-state index contributed by atoms with van der Waals surface area (Å²) in [5.41, 5.74) is 3.27. The summed E-state index contributed by atoms with van der Waals surface area (Å²) in [5.74, 6) is -1.62. The molecule has 118 valence electrons. The van der Waals surface area contributed by atoms with E-state index in [9.17, 15) is 9.90 Å². The van der Waals surface area contributed by atoms with Crippen molar-refractivity contribution in [2.45, 2.75) is 19.9 Å². The van der Waals surface area contributed by atoms with Crippen LogP contribution in [-0.4, -0.2) is 16.8 Å². The zero-order valence-corrected chi connectivity index (χ0v) is 13.7. The van der Waals surface area contributed by atoms with Crippen LogP contribution in [0.4, 0.5) is 5.69 Å². The quantitative estimate of drug-likeness (QED) is 0.914.